The first kappa shape index (κ1) is 21.4. The Bertz CT molecular complexity index is 1190. The maximum Gasteiger partial charge on any atom is 0.332 e. The van der Waals surface area contributed by atoms with Crippen LogP contribution in [0.3, 0.4) is 0 Å². The molecular weight excluding hydrogens is 398 g/mol. The zero-order valence-corrected chi connectivity index (χ0v) is 16.9. The molecule has 30 heavy (non-hydrogen) atoms. The molecule has 1 aromatic carbocycles. The van der Waals surface area contributed by atoms with Gasteiger partial charge in [0, 0.05) is 27.2 Å². The Hall–Kier alpha value is -3.34. The SMILES string of the molecule is CCN(CCn1cnc2c1c(=O)n(C)c(=O)n2C)CC(=O)Nc1c(F)cccc1F. The summed E-state index contributed by atoms with van der Waals surface area (Å²) >= 11 is 0. The zero-order valence-electron chi connectivity index (χ0n) is 16.9. The Morgan fingerprint density at radius 2 is 1.83 bits per heavy atom. The molecule has 0 bridgehead atoms. The van der Waals surface area contributed by atoms with Crippen molar-refractivity contribution in [2.45, 2.75) is 13.5 Å². The number of anilines is 1. The number of likely N-dealkylation sites (N-methyl/N-ethyl adjacent to an activating group) is 1. The minimum Gasteiger partial charge on any atom is -0.323 e. The summed E-state index contributed by atoms with van der Waals surface area (Å²) in [6.07, 6.45) is 1.47. The molecule has 0 saturated carbocycles. The molecule has 1 N–H and O–H groups in total. The molecule has 3 rings (SSSR count). The number of benzene rings is 1. The minimum absolute atomic E-state index is 0.0899. The number of carbonyl (C=O) groups is 1. The molecular formula is C19H22F2N6O3. The normalized spacial score (nSPS) is 11.4. The Morgan fingerprint density at radius 3 is 2.47 bits per heavy atom. The fraction of sp³-hybridized carbons (Fsp3) is 0.368. The van der Waals surface area contributed by atoms with E-state index in [1.54, 1.807) is 9.47 Å². The standard InChI is InChI=1S/C19H22F2N6O3/c1-4-26(10-14(28)23-15-12(20)6-5-7-13(15)21)8-9-27-11-22-17-16(27)18(29)25(3)19(30)24(17)2/h5-7,11H,4,8-10H2,1-3H3,(H,23,28). The van der Waals surface area contributed by atoms with Crippen molar-refractivity contribution in [3.05, 3.63) is 57.0 Å². The summed E-state index contributed by atoms with van der Waals surface area (Å²) in [4.78, 5) is 42.7. The van der Waals surface area contributed by atoms with Gasteiger partial charge in [0.25, 0.3) is 5.56 Å². The van der Waals surface area contributed by atoms with Gasteiger partial charge >= 0.3 is 5.69 Å². The summed E-state index contributed by atoms with van der Waals surface area (Å²) in [6, 6.07) is 3.34. The number of hydrogen-bond acceptors (Lipinski definition) is 5. The molecule has 0 aliphatic rings. The fourth-order valence-electron chi connectivity index (χ4n) is 3.16. The number of nitrogens with one attached hydrogen (secondary N) is 1. The molecule has 0 saturated heterocycles. The molecule has 3 aromatic rings. The quantitative estimate of drug-likeness (QED) is 0.607. The van der Waals surface area contributed by atoms with Crippen LogP contribution in [0, 0.1) is 11.6 Å². The van der Waals surface area contributed by atoms with Crippen LogP contribution in [0.5, 0.6) is 0 Å². The summed E-state index contributed by atoms with van der Waals surface area (Å²) in [5.74, 6) is -2.26. The molecule has 0 aliphatic carbocycles. The number of aromatic nitrogens is 4. The first-order valence-corrected chi connectivity index (χ1v) is 9.31. The Balaban J connectivity index is 1.72. The van der Waals surface area contributed by atoms with Gasteiger partial charge in [-0.05, 0) is 18.7 Å². The van der Waals surface area contributed by atoms with Crippen molar-refractivity contribution >= 4 is 22.8 Å². The number of carbonyl (C=O) groups excluding carboxylic acids is 1. The third-order valence-corrected chi connectivity index (χ3v) is 4.92. The molecule has 2 aromatic heterocycles. The number of fused-ring (bicyclic) bond motifs is 1. The van der Waals surface area contributed by atoms with Crippen molar-refractivity contribution in [1.82, 2.24) is 23.6 Å². The van der Waals surface area contributed by atoms with Gasteiger partial charge in [0.2, 0.25) is 5.91 Å². The second-order valence-electron chi connectivity index (χ2n) is 6.83. The predicted molar refractivity (Wildman–Crippen MR) is 107 cm³/mol. The fourth-order valence-corrected chi connectivity index (χ4v) is 3.16. The molecule has 0 atom stereocenters. The lowest BCUT2D eigenvalue weighted by Gasteiger charge is -2.20. The number of amides is 1. The van der Waals surface area contributed by atoms with Crippen molar-refractivity contribution in [2.24, 2.45) is 14.1 Å². The van der Waals surface area contributed by atoms with E-state index < -0.39 is 34.5 Å². The van der Waals surface area contributed by atoms with Crippen LogP contribution in [0.4, 0.5) is 14.5 Å². The molecule has 1 amide bonds. The van der Waals surface area contributed by atoms with Gasteiger partial charge in [-0.2, -0.15) is 0 Å². The van der Waals surface area contributed by atoms with Gasteiger partial charge in [-0.1, -0.05) is 13.0 Å². The average Bonchev–Trinajstić information content (AvgIpc) is 3.15. The summed E-state index contributed by atoms with van der Waals surface area (Å²) in [5.41, 5.74) is -0.845. The van der Waals surface area contributed by atoms with Gasteiger partial charge in [0.1, 0.15) is 17.3 Å². The highest BCUT2D eigenvalue weighted by Crippen LogP contribution is 2.17. The number of nitrogens with zero attached hydrogens (tertiary/aromatic N) is 5. The summed E-state index contributed by atoms with van der Waals surface area (Å²) < 4.78 is 31.3. The van der Waals surface area contributed by atoms with E-state index in [2.05, 4.69) is 10.3 Å². The van der Waals surface area contributed by atoms with Crippen LogP contribution < -0.4 is 16.6 Å². The molecule has 2 heterocycles. The highest BCUT2D eigenvalue weighted by atomic mass is 19.1. The highest BCUT2D eigenvalue weighted by molar-refractivity contribution is 5.92. The Labute approximate surface area is 170 Å². The van der Waals surface area contributed by atoms with Gasteiger partial charge in [-0.25, -0.2) is 18.6 Å². The minimum atomic E-state index is -0.849. The van der Waals surface area contributed by atoms with Gasteiger partial charge in [0.15, 0.2) is 11.2 Å². The van der Waals surface area contributed by atoms with E-state index in [-0.39, 0.29) is 17.7 Å². The maximum absolute atomic E-state index is 13.7. The largest absolute Gasteiger partial charge is 0.332 e. The lowest BCUT2D eigenvalue weighted by atomic mass is 10.3. The van der Waals surface area contributed by atoms with E-state index in [0.717, 1.165) is 16.7 Å². The van der Waals surface area contributed by atoms with Gasteiger partial charge in [-0.15, -0.1) is 0 Å². The zero-order chi connectivity index (χ0) is 22.0. The first-order valence-electron chi connectivity index (χ1n) is 9.31. The summed E-state index contributed by atoms with van der Waals surface area (Å²) in [6.45, 7) is 2.95. The predicted octanol–water partition coefficient (Wildman–Crippen LogP) is 0.672. The van der Waals surface area contributed by atoms with Crippen LogP contribution in [0.25, 0.3) is 11.2 Å². The Kier molecular flexibility index (Phi) is 6.11. The molecule has 0 spiro atoms. The molecule has 0 fully saturated rings. The highest BCUT2D eigenvalue weighted by Gasteiger charge is 2.17. The molecule has 0 radical (unpaired) electrons. The third kappa shape index (κ3) is 4.01. The molecule has 11 heteroatoms. The molecule has 160 valence electrons. The van der Waals surface area contributed by atoms with Gasteiger partial charge in [-0.3, -0.25) is 23.6 Å². The molecule has 0 unspecified atom stereocenters. The number of halogens is 2. The second kappa shape index (κ2) is 8.57. The van der Waals surface area contributed by atoms with Crippen molar-refractivity contribution in [3.63, 3.8) is 0 Å². The number of hydrogen-bond donors (Lipinski definition) is 1. The van der Waals surface area contributed by atoms with Crippen molar-refractivity contribution in [3.8, 4) is 0 Å². The van der Waals surface area contributed by atoms with E-state index in [0.29, 0.717) is 19.6 Å². The van der Waals surface area contributed by atoms with Crippen LogP contribution in [-0.4, -0.2) is 49.1 Å². The number of rotatable bonds is 7. The first-order chi connectivity index (χ1) is 14.2. The number of imidazole rings is 1. The monoisotopic (exact) mass is 420 g/mol. The molecule has 9 nitrogen and oxygen atoms in total. The van der Waals surface area contributed by atoms with Crippen LogP contribution in [-0.2, 0) is 25.4 Å². The lowest BCUT2D eigenvalue weighted by Crippen LogP contribution is -2.38. The van der Waals surface area contributed by atoms with E-state index in [4.69, 9.17) is 0 Å². The summed E-state index contributed by atoms with van der Waals surface area (Å²) in [5, 5.41) is 2.26. The van der Waals surface area contributed by atoms with Gasteiger partial charge < -0.3 is 9.88 Å². The van der Waals surface area contributed by atoms with E-state index in [9.17, 15) is 23.2 Å². The second-order valence-corrected chi connectivity index (χ2v) is 6.83. The van der Waals surface area contributed by atoms with Gasteiger partial charge in [0.05, 0.1) is 12.9 Å². The number of aryl methyl sites for hydroxylation is 1. The van der Waals surface area contributed by atoms with Crippen LogP contribution >= 0.6 is 0 Å². The smallest absolute Gasteiger partial charge is 0.323 e. The third-order valence-electron chi connectivity index (χ3n) is 4.92. The van der Waals surface area contributed by atoms with E-state index in [1.807, 2.05) is 6.92 Å². The van der Waals surface area contributed by atoms with Crippen molar-refractivity contribution in [1.29, 1.82) is 0 Å². The Morgan fingerprint density at radius 1 is 1.17 bits per heavy atom. The lowest BCUT2D eigenvalue weighted by molar-refractivity contribution is -0.117. The number of para-hydroxylation sites is 1. The van der Waals surface area contributed by atoms with E-state index in [1.165, 1.54) is 31.1 Å². The van der Waals surface area contributed by atoms with Crippen LogP contribution in [0.1, 0.15) is 6.92 Å². The van der Waals surface area contributed by atoms with Crippen molar-refractivity contribution in [2.75, 3.05) is 25.0 Å². The average molecular weight is 420 g/mol. The van der Waals surface area contributed by atoms with Crippen molar-refractivity contribution < 1.29 is 13.6 Å². The molecule has 0 aliphatic heterocycles. The maximum atomic E-state index is 13.7. The summed E-state index contributed by atoms with van der Waals surface area (Å²) in [7, 11) is 2.93. The van der Waals surface area contributed by atoms with Crippen LogP contribution in [0.2, 0.25) is 0 Å². The van der Waals surface area contributed by atoms with E-state index >= 15 is 0 Å². The van der Waals surface area contributed by atoms with Crippen LogP contribution in [0.15, 0.2) is 34.1 Å². The topological polar surface area (TPSA) is 94.2 Å².